The molecule has 0 amide bonds. The van der Waals surface area contributed by atoms with Gasteiger partial charge >= 0.3 is 0 Å². The first-order valence-electron chi connectivity index (χ1n) is 17.8. The van der Waals surface area contributed by atoms with Crippen LogP contribution in [0.5, 0.6) is 0 Å². The summed E-state index contributed by atoms with van der Waals surface area (Å²) in [5, 5.41) is 14.4. The van der Waals surface area contributed by atoms with Crippen LogP contribution in [-0.2, 0) is 36.7 Å². The van der Waals surface area contributed by atoms with E-state index in [1.165, 1.54) is 28.2 Å². The number of aromatic nitrogens is 1. The molecule has 3 aromatic carbocycles. The van der Waals surface area contributed by atoms with Crippen molar-refractivity contribution < 1.29 is 34.4 Å². The molecule has 0 atom stereocenters. The van der Waals surface area contributed by atoms with Crippen molar-refractivity contribution in [2.45, 2.75) is 114 Å². The molecule has 0 spiro atoms. The summed E-state index contributed by atoms with van der Waals surface area (Å²) >= 11 is 0. The summed E-state index contributed by atoms with van der Waals surface area (Å²) in [6.07, 6.45) is 7.82. The van der Waals surface area contributed by atoms with Crippen molar-refractivity contribution in [3.8, 4) is 11.3 Å². The maximum atomic E-state index is 11.7. The van der Waals surface area contributed by atoms with Gasteiger partial charge in [0.05, 0.1) is 5.76 Å². The second kappa shape index (κ2) is 16.6. The molecule has 4 nitrogen and oxygen atoms in total. The van der Waals surface area contributed by atoms with Gasteiger partial charge in [0.15, 0.2) is 5.78 Å². The molecule has 0 aliphatic rings. The molecule has 1 radical (unpaired) electrons. The Bertz CT molecular complexity index is 1910. The molecule has 0 aliphatic carbocycles. The molecule has 2 heterocycles. The smallest absolute Gasteiger partial charge is 0.162 e. The number of hydrogen-bond acceptors (Lipinski definition) is 4. The quantitative estimate of drug-likeness (QED) is 0.0912. The van der Waals surface area contributed by atoms with E-state index in [1.807, 2.05) is 33.9 Å². The van der Waals surface area contributed by atoms with Gasteiger partial charge in [-0.05, 0) is 67.1 Å². The van der Waals surface area contributed by atoms with E-state index in [2.05, 4.69) is 103 Å². The van der Waals surface area contributed by atoms with Crippen LogP contribution in [0.1, 0.15) is 112 Å². The van der Waals surface area contributed by atoms with Gasteiger partial charge in [-0.15, -0.1) is 29.1 Å². The van der Waals surface area contributed by atoms with Crippen LogP contribution in [0.2, 0.25) is 0 Å². The number of ketones is 1. The Morgan fingerprint density at radius 3 is 2.06 bits per heavy atom. The molecule has 0 aliphatic heterocycles. The number of aliphatic hydroxyl groups excluding tert-OH is 1. The molecular weight excluding hydrogens is 783 g/mol. The van der Waals surface area contributed by atoms with E-state index >= 15 is 0 Å². The maximum absolute atomic E-state index is 11.7. The number of fused-ring (bicyclic) bond motifs is 4. The van der Waals surface area contributed by atoms with Gasteiger partial charge in [-0.3, -0.25) is 9.78 Å². The number of rotatable bonds is 9. The van der Waals surface area contributed by atoms with Crippen molar-refractivity contribution in [1.82, 2.24) is 4.98 Å². The summed E-state index contributed by atoms with van der Waals surface area (Å²) in [7, 11) is 0. The SMILES string of the molecule is CCC(CC)C(=O)/C=C(\O)C(CC)CC.Cc1c(CC(C)(C)C)ccc2c1oc1c(-c3[c-]c4ccccc4c(C(C)(C)C)c3)nccc12.[Ir]. The van der Waals surface area contributed by atoms with Crippen molar-refractivity contribution in [2.24, 2.45) is 17.3 Å². The predicted molar refractivity (Wildman–Crippen MR) is 204 cm³/mol. The third kappa shape index (κ3) is 9.30. The third-order valence-electron chi connectivity index (χ3n) is 9.56. The minimum atomic E-state index is 0. The summed E-state index contributed by atoms with van der Waals surface area (Å²) in [6.45, 7) is 23.9. The number of aryl methyl sites for hydroxylation is 1. The fraction of sp³-hybridized carbons (Fsp3) is 0.455. The molecule has 5 heteroatoms. The molecule has 0 saturated carbocycles. The molecule has 2 aromatic heterocycles. The molecule has 5 rings (SSSR count). The number of allylic oxidation sites excluding steroid dienone is 2. The van der Waals surface area contributed by atoms with Crippen molar-refractivity contribution in [2.75, 3.05) is 0 Å². The van der Waals surface area contributed by atoms with E-state index in [1.54, 1.807) is 0 Å². The van der Waals surface area contributed by atoms with Crippen LogP contribution < -0.4 is 0 Å². The van der Waals surface area contributed by atoms with Crippen molar-refractivity contribution >= 4 is 38.5 Å². The van der Waals surface area contributed by atoms with Crippen molar-refractivity contribution in [1.29, 1.82) is 0 Å². The van der Waals surface area contributed by atoms with Gasteiger partial charge in [0.25, 0.3) is 0 Å². The number of furan rings is 1. The van der Waals surface area contributed by atoms with E-state index < -0.39 is 0 Å². The molecule has 5 aromatic rings. The second-order valence-corrected chi connectivity index (χ2v) is 15.5. The van der Waals surface area contributed by atoms with Gasteiger partial charge in [0.2, 0.25) is 0 Å². The standard InChI is InChI=1S/C31H32NO.C13H24O2.Ir/c1-19-21(18-30(2,3)4)12-13-24-25-14-15-32-27(29(25)33-28(19)24)22-16-20-10-8-9-11-23(20)26(17-22)31(5,6)7;1-5-10(6-2)12(14)9-13(15)11(7-3)8-4;/h8-15,17H,18H2,1-7H3;9-11,14H,5-8H2,1-4H3;/q-1;;/b;12-9-;. The molecule has 49 heavy (non-hydrogen) atoms. The maximum Gasteiger partial charge on any atom is 0.162 e. The third-order valence-corrected chi connectivity index (χ3v) is 9.56. The molecule has 0 unspecified atom stereocenters. The zero-order valence-corrected chi connectivity index (χ0v) is 33.9. The molecule has 0 bridgehead atoms. The van der Waals surface area contributed by atoms with Crippen molar-refractivity contribution in [3.63, 3.8) is 0 Å². The van der Waals surface area contributed by atoms with E-state index in [4.69, 9.17) is 9.40 Å². The average Bonchev–Trinajstić information content (AvgIpc) is 3.42. The Balaban J connectivity index is 0.000000347. The summed E-state index contributed by atoms with van der Waals surface area (Å²) in [4.78, 5) is 16.5. The first kappa shape index (κ1) is 40.2. The molecule has 0 saturated heterocycles. The number of benzene rings is 3. The number of aliphatic hydroxyl groups is 1. The van der Waals surface area contributed by atoms with E-state index in [0.29, 0.717) is 0 Å². The normalized spacial score (nSPS) is 12.5. The molecule has 1 N–H and O–H groups in total. The van der Waals surface area contributed by atoms with Gasteiger partial charge in [-0.1, -0.05) is 111 Å². The summed E-state index contributed by atoms with van der Waals surface area (Å²) in [5.74, 6) is 0.547. The van der Waals surface area contributed by atoms with Crippen LogP contribution in [0.15, 0.2) is 71.0 Å². The van der Waals surface area contributed by atoms with Gasteiger partial charge < -0.3 is 9.52 Å². The summed E-state index contributed by atoms with van der Waals surface area (Å²) < 4.78 is 6.58. The molecular formula is C44H56IrNO3-. The van der Waals surface area contributed by atoms with Crippen LogP contribution in [-0.4, -0.2) is 15.9 Å². The average molecular weight is 839 g/mol. The number of nitrogens with zero attached hydrogens (tertiary/aromatic N) is 1. The van der Waals surface area contributed by atoms with Gasteiger partial charge in [-0.2, -0.15) is 0 Å². The van der Waals surface area contributed by atoms with E-state index in [-0.39, 0.29) is 54.3 Å². The van der Waals surface area contributed by atoms with Crippen LogP contribution in [0.25, 0.3) is 44.0 Å². The predicted octanol–water partition coefficient (Wildman–Crippen LogP) is 12.7. The largest absolute Gasteiger partial charge is 0.512 e. The van der Waals surface area contributed by atoms with Crippen molar-refractivity contribution in [3.05, 3.63) is 89.3 Å². The zero-order chi connectivity index (χ0) is 35.4. The Morgan fingerprint density at radius 1 is 0.857 bits per heavy atom. The summed E-state index contributed by atoms with van der Waals surface area (Å²) in [5.41, 5.74) is 7.74. The number of pyridine rings is 1. The number of carbonyl (C=O) groups is 1. The Morgan fingerprint density at radius 2 is 1.47 bits per heavy atom. The fourth-order valence-corrected chi connectivity index (χ4v) is 6.65. The van der Waals surface area contributed by atoms with E-state index in [9.17, 15) is 9.90 Å². The van der Waals surface area contributed by atoms with Gasteiger partial charge in [0, 0.05) is 60.7 Å². The molecule has 0 fully saturated rings. The zero-order valence-electron chi connectivity index (χ0n) is 31.5. The minimum absolute atomic E-state index is 0. The van der Waals surface area contributed by atoms with Crippen LogP contribution in [0.4, 0.5) is 0 Å². The summed E-state index contributed by atoms with van der Waals surface area (Å²) in [6, 6.07) is 20.9. The second-order valence-electron chi connectivity index (χ2n) is 15.5. The first-order chi connectivity index (χ1) is 22.6. The fourth-order valence-electron chi connectivity index (χ4n) is 6.65. The number of hydrogen-bond donors (Lipinski definition) is 1. The van der Waals surface area contributed by atoms with E-state index in [0.717, 1.165) is 70.7 Å². The van der Waals surface area contributed by atoms with Gasteiger partial charge in [0.1, 0.15) is 11.2 Å². The first-order valence-corrected chi connectivity index (χ1v) is 17.8. The van der Waals surface area contributed by atoms with Crippen LogP contribution >= 0.6 is 0 Å². The Labute approximate surface area is 308 Å². The Kier molecular flexibility index (Phi) is 13.6. The van der Waals surface area contributed by atoms with Crippen LogP contribution in [0.3, 0.4) is 0 Å². The minimum Gasteiger partial charge on any atom is -0.512 e. The topological polar surface area (TPSA) is 63.3 Å². The molecule has 265 valence electrons. The van der Waals surface area contributed by atoms with Crippen LogP contribution in [0, 0.1) is 30.2 Å². The van der Waals surface area contributed by atoms with Gasteiger partial charge in [-0.25, -0.2) is 0 Å². The Hall–Kier alpha value is -3.27. The monoisotopic (exact) mass is 839 g/mol. The number of carbonyl (C=O) groups excluding carboxylic acids is 1.